The van der Waals surface area contributed by atoms with Crippen LogP contribution in [-0.2, 0) is 16.0 Å². The molecule has 1 fully saturated rings. The van der Waals surface area contributed by atoms with Crippen LogP contribution in [0.5, 0.6) is 5.75 Å². The Kier molecular flexibility index (Phi) is 5.62. The molecule has 1 aliphatic heterocycles. The number of hydrogen-bond donors (Lipinski definition) is 0. The van der Waals surface area contributed by atoms with Crippen LogP contribution in [0.15, 0.2) is 12.1 Å². The highest BCUT2D eigenvalue weighted by molar-refractivity contribution is 6.33. The van der Waals surface area contributed by atoms with Gasteiger partial charge >= 0.3 is 5.97 Å². The van der Waals surface area contributed by atoms with Gasteiger partial charge in [-0.15, -0.1) is 0 Å². The van der Waals surface area contributed by atoms with Gasteiger partial charge in [-0.2, -0.15) is 0 Å². The lowest BCUT2D eigenvalue weighted by Crippen LogP contribution is -2.29. The summed E-state index contributed by atoms with van der Waals surface area (Å²) in [5.41, 5.74) is 1.70. The molecule has 114 valence electrons. The van der Waals surface area contributed by atoms with E-state index in [9.17, 15) is 9.59 Å². The molecule has 0 aromatic heterocycles. The van der Waals surface area contributed by atoms with Crippen LogP contribution in [0.4, 0.5) is 5.69 Å². The summed E-state index contributed by atoms with van der Waals surface area (Å²) in [6.45, 7) is 3.30. The van der Waals surface area contributed by atoms with Gasteiger partial charge in [-0.05, 0) is 37.3 Å². The topological polar surface area (TPSA) is 46.6 Å². The number of piperidine rings is 1. The van der Waals surface area contributed by atoms with E-state index >= 15 is 0 Å². The maximum absolute atomic E-state index is 11.3. The van der Waals surface area contributed by atoms with E-state index in [-0.39, 0.29) is 5.97 Å². The minimum absolute atomic E-state index is 0.366. The summed E-state index contributed by atoms with van der Waals surface area (Å²) in [5.74, 6) is 0.142. The van der Waals surface area contributed by atoms with Crippen LogP contribution in [0.25, 0.3) is 0 Å². The summed E-state index contributed by atoms with van der Waals surface area (Å²) >= 11 is 6.38. The van der Waals surface area contributed by atoms with Crippen molar-refractivity contribution in [2.75, 3.05) is 18.0 Å². The maximum atomic E-state index is 11.3. The van der Waals surface area contributed by atoms with E-state index < -0.39 is 0 Å². The Morgan fingerprint density at radius 1 is 1.33 bits per heavy atom. The third-order valence-electron chi connectivity index (χ3n) is 3.61. The molecular weight excluding hydrogens is 290 g/mol. The van der Waals surface area contributed by atoms with Crippen molar-refractivity contribution in [1.29, 1.82) is 0 Å². The second-order valence-electron chi connectivity index (χ2n) is 5.26. The molecule has 0 N–H and O–H groups in total. The molecule has 1 saturated heterocycles. The van der Waals surface area contributed by atoms with Gasteiger partial charge in [-0.3, -0.25) is 4.79 Å². The summed E-state index contributed by atoms with van der Waals surface area (Å²) in [4.78, 5) is 24.1. The first-order valence-corrected chi connectivity index (χ1v) is 7.69. The van der Waals surface area contributed by atoms with Crippen LogP contribution in [-0.4, -0.2) is 25.3 Å². The average molecular weight is 310 g/mol. The highest BCUT2D eigenvalue weighted by atomic mass is 35.5. The average Bonchev–Trinajstić information content (AvgIpc) is 2.47. The van der Waals surface area contributed by atoms with Crippen LogP contribution in [0.3, 0.4) is 0 Å². The zero-order chi connectivity index (χ0) is 15.2. The van der Waals surface area contributed by atoms with Crippen molar-refractivity contribution in [3.8, 4) is 5.75 Å². The Bertz CT molecular complexity index is 524. The number of aryl methyl sites for hydroxylation is 1. The number of ether oxygens (including phenoxy) is 1. The SMILES string of the molecule is CC(=O)Oc1cc(N2CCCCC2)c(Cl)cc1CCC=O. The second-order valence-corrected chi connectivity index (χ2v) is 5.67. The number of carbonyl (C=O) groups excluding carboxylic acids is 2. The van der Waals surface area contributed by atoms with Gasteiger partial charge in [0.15, 0.2) is 0 Å². The minimum atomic E-state index is -0.366. The van der Waals surface area contributed by atoms with Crippen LogP contribution in [0.2, 0.25) is 5.02 Å². The fourth-order valence-electron chi connectivity index (χ4n) is 2.62. The molecule has 0 amide bonds. The van der Waals surface area contributed by atoms with Crippen LogP contribution >= 0.6 is 11.6 Å². The van der Waals surface area contributed by atoms with Crippen molar-refractivity contribution in [3.05, 3.63) is 22.7 Å². The number of hydrogen-bond acceptors (Lipinski definition) is 4. The largest absolute Gasteiger partial charge is 0.426 e. The van der Waals surface area contributed by atoms with Crippen LogP contribution in [0.1, 0.15) is 38.2 Å². The molecule has 0 saturated carbocycles. The zero-order valence-corrected chi connectivity index (χ0v) is 13.0. The Hall–Kier alpha value is -1.55. The lowest BCUT2D eigenvalue weighted by molar-refractivity contribution is -0.131. The van der Waals surface area contributed by atoms with Crippen molar-refractivity contribution < 1.29 is 14.3 Å². The van der Waals surface area contributed by atoms with Crippen LogP contribution < -0.4 is 9.64 Å². The summed E-state index contributed by atoms with van der Waals surface area (Å²) in [5, 5.41) is 0.647. The molecule has 1 heterocycles. The number of halogens is 1. The molecule has 1 aliphatic rings. The number of carbonyl (C=O) groups is 2. The number of benzene rings is 1. The first-order chi connectivity index (χ1) is 10.1. The molecule has 5 heteroatoms. The molecule has 0 atom stereocenters. The molecule has 0 aliphatic carbocycles. The van der Waals surface area contributed by atoms with E-state index in [4.69, 9.17) is 16.3 Å². The van der Waals surface area contributed by atoms with Gasteiger partial charge in [0, 0.05) is 32.5 Å². The number of esters is 1. The van der Waals surface area contributed by atoms with Gasteiger partial charge in [0.25, 0.3) is 0 Å². The number of rotatable bonds is 5. The molecule has 0 unspecified atom stereocenters. The van der Waals surface area contributed by atoms with Gasteiger partial charge in [0.05, 0.1) is 10.7 Å². The van der Waals surface area contributed by atoms with E-state index in [0.29, 0.717) is 23.6 Å². The molecular formula is C16H20ClNO3. The predicted molar refractivity (Wildman–Crippen MR) is 83.2 cm³/mol. The monoisotopic (exact) mass is 309 g/mol. The van der Waals surface area contributed by atoms with E-state index in [1.807, 2.05) is 12.1 Å². The molecule has 4 nitrogen and oxygen atoms in total. The molecule has 2 rings (SSSR count). The van der Waals surface area contributed by atoms with Crippen molar-refractivity contribution in [2.45, 2.75) is 39.0 Å². The number of aldehydes is 1. The summed E-state index contributed by atoms with van der Waals surface area (Å²) in [6, 6.07) is 3.64. The Morgan fingerprint density at radius 2 is 2.05 bits per heavy atom. The first kappa shape index (κ1) is 15.8. The van der Waals surface area contributed by atoms with Gasteiger partial charge in [-0.25, -0.2) is 0 Å². The predicted octanol–water partition coefficient (Wildman–Crippen LogP) is 3.39. The maximum Gasteiger partial charge on any atom is 0.308 e. The fourth-order valence-corrected chi connectivity index (χ4v) is 2.93. The van der Waals surface area contributed by atoms with Gasteiger partial charge in [0.1, 0.15) is 12.0 Å². The molecule has 21 heavy (non-hydrogen) atoms. The molecule has 0 radical (unpaired) electrons. The van der Waals surface area contributed by atoms with E-state index in [1.54, 1.807) is 0 Å². The molecule has 0 bridgehead atoms. The standard InChI is InChI=1S/C16H20ClNO3/c1-12(20)21-16-11-15(18-7-3-2-4-8-18)14(17)10-13(16)6-5-9-19/h9-11H,2-8H2,1H3. The highest BCUT2D eigenvalue weighted by Crippen LogP contribution is 2.35. The minimum Gasteiger partial charge on any atom is -0.426 e. The van der Waals surface area contributed by atoms with Crippen molar-refractivity contribution in [1.82, 2.24) is 0 Å². The second kappa shape index (κ2) is 7.46. The normalized spacial score (nSPS) is 14.9. The van der Waals surface area contributed by atoms with Crippen molar-refractivity contribution in [3.63, 3.8) is 0 Å². The van der Waals surface area contributed by atoms with E-state index in [2.05, 4.69) is 4.90 Å². The molecule has 1 aromatic carbocycles. The molecule has 0 spiro atoms. The van der Waals surface area contributed by atoms with Gasteiger partial charge < -0.3 is 14.4 Å². The van der Waals surface area contributed by atoms with Crippen molar-refractivity contribution in [2.24, 2.45) is 0 Å². The van der Waals surface area contributed by atoms with Crippen molar-refractivity contribution >= 4 is 29.5 Å². The lowest BCUT2D eigenvalue weighted by Gasteiger charge is -2.30. The van der Waals surface area contributed by atoms with Crippen LogP contribution in [0, 0.1) is 0 Å². The first-order valence-electron chi connectivity index (χ1n) is 7.31. The Balaban J connectivity index is 2.32. The Labute approximate surface area is 130 Å². The third-order valence-corrected chi connectivity index (χ3v) is 3.91. The van der Waals surface area contributed by atoms with Gasteiger partial charge in [0.2, 0.25) is 0 Å². The number of nitrogens with zero attached hydrogens (tertiary/aromatic N) is 1. The summed E-state index contributed by atoms with van der Waals surface area (Å²) in [7, 11) is 0. The van der Waals surface area contributed by atoms with E-state index in [1.165, 1.54) is 13.3 Å². The lowest BCUT2D eigenvalue weighted by atomic mass is 10.1. The smallest absolute Gasteiger partial charge is 0.308 e. The quantitative estimate of drug-likeness (QED) is 0.475. The molecule has 1 aromatic rings. The fraction of sp³-hybridized carbons (Fsp3) is 0.500. The van der Waals surface area contributed by atoms with Gasteiger partial charge in [-0.1, -0.05) is 11.6 Å². The third kappa shape index (κ3) is 4.21. The Morgan fingerprint density at radius 3 is 2.67 bits per heavy atom. The highest BCUT2D eigenvalue weighted by Gasteiger charge is 2.18. The number of anilines is 1. The summed E-state index contributed by atoms with van der Waals surface area (Å²) < 4.78 is 5.29. The summed E-state index contributed by atoms with van der Waals surface area (Å²) in [6.07, 6.45) is 5.28. The van der Waals surface area contributed by atoms with E-state index in [0.717, 1.165) is 43.5 Å². The zero-order valence-electron chi connectivity index (χ0n) is 12.2.